The Morgan fingerprint density at radius 1 is 0.786 bits per heavy atom. The molecule has 14 heavy (non-hydrogen) atoms. The Hall–Kier alpha value is -0.606. The van der Waals surface area contributed by atoms with Crippen LogP contribution in [0.1, 0.15) is 0 Å². The van der Waals surface area contributed by atoms with Crippen LogP contribution in [0.2, 0.25) is 24.2 Å². The van der Waals surface area contributed by atoms with Gasteiger partial charge >= 0.3 is 0 Å². The van der Waals surface area contributed by atoms with Crippen LogP contribution in [0, 0.1) is 0 Å². The summed E-state index contributed by atoms with van der Waals surface area (Å²) < 4.78 is 0. The van der Waals surface area contributed by atoms with Gasteiger partial charge in [0.1, 0.15) is 0 Å². The molecule has 0 saturated heterocycles. The summed E-state index contributed by atoms with van der Waals surface area (Å²) in [6.45, 7) is 15.5. The average Bonchev–Trinajstić information content (AvgIpc) is 2.16. The van der Waals surface area contributed by atoms with Crippen molar-refractivity contribution in [3.63, 3.8) is 0 Å². The molecule has 0 saturated carbocycles. The predicted octanol–water partition coefficient (Wildman–Crippen LogP) is 3.26. The minimum atomic E-state index is -1.10. The average molecular weight is 222 g/mol. The molecule has 0 spiro atoms. The van der Waals surface area contributed by atoms with Gasteiger partial charge in [-0.3, -0.25) is 0 Å². The van der Waals surface area contributed by atoms with Crippen LogP contribution >= 0.6 is 0 Å². The molecular formula is C12H22Si2. The van der Waals surface area contributed by atoms with Crippen molar-refractivity contribution in [3.05, 3.63) is 50.6 Å². The molecule has 0 radical (unpaired) electrons. The number of hydrogen-bond acceptors (Lipinski definition) is 0. The van der Waals surface area contributed by atoms with Crippen molar-refractivity contribution in [2.75, 3.05) is 0 Å². The molecule has 0 aliphatic rings. The fourth-order valence-corrected chi connectivity index (χ4v) is 11.8. The van der Waals surface area contributed by atoms with Crippen LogP contribution in [0.15, 0.2) is 50.6 Å². The second-order valence-corrected chi connectivity index (χ2v) is 15.1. The molecular weight excluding hydrogens is 200 g/mol. The molecule has 0 unspecified atom stereocenters. The van der Waals surface area contributed by atoms with Crippen LogP contribution in [-0.4, -0.2) is 16.6 Å². The third-order valence-corrected chi connectivity index (χ3v) is 14.5. The van der Waals surface area contributed by atoms with Crippen molar-refractivity contribution >= 4 is 16.6 Å². The van der Waals surface area contributed by atoms with Gasteiger partial charge in [-0.25, -0.2) is 0 Å². The van der Waals surface area contributed by atoms with E-state index in [1.54, 1.807) is 0 Å². The lowest BCUT2D eigenvalue weighted by Gasteiger charge is -2.27. The summed E-state index contributed by atoms with van der Waals surface area (Å²) in [4.78, 5) is 0. The zero-order valence-electron chi connectivity index (χ0n) is 9.17. The van der Waals surface area contributed by atoms with Crippen molar-refractivity contribution in [2.24, 2.45) is 0 Å². The van der Waals surface area contributed by atoms with Crippen molar-refractivity contribution < 1.29 is 0 Å². The van der Waals surface area contributed by atoms with Gasteiger partial charge in [-0.05, 0) is 24.2 Å². The lowest BCUT2D eigenvalue weighted by Crippen LogP contribution is -2.39. The molecule has 0 aliphatic heterocycles. The first kappa shape index (κ1) is 13.4. The van der Waals surface area contributed by atoms with Crippen molar-refractivity contribution in [3.8, 4) is 0 Å². The number of allylic oxidation sites excluding steroid dienone is 4. The molecule has 0 aliphatic carbocycles. The molecule has 0 N–H and O–H groups in total. The van der Waals surface area contributed by atoms with Crippen LogP contribution in [0.3, 0.4) is 0 Å². The largest absolute Gasteiger partial charge is 0.103 e. The van der Waals surface area contributed by atoms with Gasteiger partial charge < -0.3 is 0 Å². The summed E-state index contributed by atoms with van der Waals surface area (Å²) in [6.07, 6.45) is 8.35. The zero-order valence-corrected chi connectivity index (χ0v) is 11.6. The molecule has 0 nitrogen and oxygen atoms in total. The molecule has 0 aromatic rings. The van der Waals surface area contributed by atoms with E-state index >= 15 is 0 Å². The van der Waals surface area contributed by atoms with E-state index < -0.39 is 7.59 Å². The second-order valence-electron chi connectivity index (χ2n) is 3.81. The molecule has 0 aromatic heterocycles. The van der Waals surface area contributed by atoms with E-state index in [9.17, 15) is 0 Å². The van der Waals surface area contributed by atoms with Crippen LogP contribution in [0.25, 0.3) is 0 Å². The van der Waals surface area contributed by atoms with Crippen LogP contribution in [0.5, 0.6) is 0 Å². The predicted molar refractivity (Wildman–Crippen MR) is 74.3 cm³/mol. The van der Waals surface area contributed by atoms with Crippen LogP contribution < -0.4 is 0 Å². The van der Waals surface area contributed by atoms with E-state index in [0.717, 1.165) is 0 Å². The van der Waals surface area contributed by atoms with Gasteiger partial charge in [0.05, 0.1) is 7.59 Å². The van der Waals surface area contributed by atoms with Crippen molar-refractivity contribution in [1.82, 2.24) is 0 Å². The second kappa shape index (κ2) is 7.77. The van der Waals surface area contributed by atoms with Gasteiger partial charge in [-0.1, -0.05) is 24.3 Å². The Labute approximate surface area is 91.7 Å². The molecule has 0 fully saturated rings. The highest BCUT2D eigenvalue weighted by Crippen LogP contribution is 2.22. The highest BCUT2D eigenvalue weighted by molar-refractivity contribution is 7.25. The fourth-order valence-electron chi connectivity index (χ4n) is 1.88. The standard InChI is InChI=1S/C12H22Si2/c1-5-9-13-14(10-6-2,11-7-3)12-8-4/h5-8H,1-4,9-13H2. The highest BCUT2D eigenvalue weighted by atomic mass is 29.2. The summed E-state index contributed by atoms with van der Waals surface area (Å²) in [5.41, 5.74) is 0. The topological polar surface area (TPSA) is 0 Å². The maximum Gasteiger partial charge on any atom is 0.0515 e. The quantitative estimate of drug-likeness (QED) is 0.415. The minimum Gasteiger partial charge on any atom is -0.103 e. The Balaban J connectivity index is 4.50. The molecule has 0 aromatic carbocycles. The summed E-state index contributed by atoms with van der Waals surface area (Å²) in [6, 6.07) is 4.93. The first-order chi connectivity index (χ1) is 6.74. The Kier molecular flexibility index (Phi) is 7.43. The molecule has 2 heteroatoms. The van der Waals surface area contributed by atoms with E-state index in [1.165, 1.54) is 24.2 Å². The smallest absolute Gasteiger partial charge is 0.0515 e. The molecule has 0 atom stereocenters. The van der Waals surface area contributed by atoms with Gasteiger partial charge in [-0.2, -0.15) is 0 Å². The maximum absolute atomic E-state index is 3.88. The molecule has 0 amide bonds. The van der Waals surface area contributed by atoms with Gasteiger partial charge in [-0.15, -0.1) is 26.3 Å². The van der Waals surface area contributed by atoms with Gasteiger partial charge in [0.2, 0.25) is 0 Å². The molecule has 0 rings (SSSR count). The Morgan fingerprint density at radius 2 is 1.21 bits per heavy atom. The molecule has 0 heterocycles. The van der Waals surface area contributed by atoms with E-state index in [-0.39, 0.29) is 9.04 Å². The minimum absolute atomic E-state index is 0.00747. The van der Waals surface area contributed by atoms with Crippen molar-refractivity contribution in [1.29, 1.82) is 0 Å². The normalized spacial score (nSPS) is 11.4. The van der Waals surface area contributed by atoms with E-state index in [2.05, 4.69) is 50.6 Å². The molecule has 0 bridgehead atoms. The number of hydrogen-bond donors (Lipinski definition) is 0. The fraction of sp³-hybridized carbons (Fsp3) is 0.333. The van der Waals surface area contributed by atoms with E-state index in [1.807, 2.05) is 0 Å². The summed E-state index contributed by atoms with van der Waals surface area (Å²) in [7, 11) is -1.11. The number of rotatable bonds is 9. The third-order valence-electron chi connectivity index (χ3n) is 2.61. The first-order valence-corrected chi connectivity index (χ1v) is 11.1. The van der Waals surface area contributed by atoms with Gasteiger partial charge in [0.25, 0.3) is 0 Å². The van der Waals surface area contributed by atoms with Crippen molar-refractivity contribution in [2.45, 2.75) is 24.2 Å². The van der Waals surface area contributed by atoms with E-state index in [4.69, 9.17) is 0 Å². The van der Waals surface area contributed by atoms with Crippen LogP contribution in [-0.2, 0) is 0 Å². The summed E-state index contributed by atoms with van der Waals surface area (Å²) >= 11 is 0. The van der Waals surface area contributed by atoms with E-state index in [0.29, 0.717) is 0 Å². The molecule has 78 valence electrons. The lowest BCUT2D eigenvalue weighted by atomic mass is 10.7. The monoisotopic (exact) mass is 222 g/mol. The Morgan fingerprint density at radius 3 is 1.50 bits per heavy atom. The van der Waals surface area contributed by atoms with Crippen LogP contribution in [0.4, 0.5) is 0 Å². The van der Waals surface area contributed by atoms with Gasteiger partial charge in [0, 0.05) is 9.04 Å². The SMILES string of the molecule is C=CC[SiH2][Si](CC=C)(CC=C)CC=C. The highest BCUT2D eigenvalue weighted by Gasteiger charge is 2.27. The van der Waals surface area contributed by atoms with Gasteiger partial charge in [0.15, 0.2) is 0 Å². The Bertz CT molecular complexity index is 180. The lowest BCUT2D eigenvalue weighted by molar-refractivity contribution is 1.41. The maximum atomic E-state index is 3.88. The third kappa shape index (κ3) is 4.58. The summed E-state index contributed by atoms with van der Waals surface area (Å²) in [5, 5.41) is 0. The first-order valence-electron chi connectivity index (χ1n) is 5.18. The zero-order chi connectivity index (χ0) is 10.9. The summed E-state index contributed by atoms with van der Waals surface area (Å²) in [5.74, 6) is 0.